The zero-order chi connectivity index (χ0) is 13.7. The second-order valence-corrected chi connectivity index (χ2v) is 6.26. The molecule has 5 heteroatoms. The minimum Gasteiger partial charge on any atom is -0.321 e. The highest BCUT2D eigenvalue weighted by Crippen LogP contribution is 2.40. The van der Waals surface area contributed by atoms with Gasteiger partial charge in [0.05, 0.1) is 11.6 Å². The highest BCUT2D eigenvalue weighted by Gasteiger charge is 2.30. The van der Waals surface area contributed by atoms with Crippen LogP contribution in [-0.4, -0.2) is 15.4 Å². The lowest BCUT2D eigenvalue weighted by atomic mass is 10.1. The van der Waals surface area contributed by atoms with Gasteiger partial charge < -0.3 is 4.90 Å². The van der Waals surface area contributed by atoms with Crippen molar-refractivity contribution in [3.63, 3.8) is 0 Å². The molecule has 1 atom stereocenters. The molecule has 0 saturated heterocycles. The SMILES string of the molecule is CC1Cc2ccccc2N1c1nc2sccn2c1CCl. The van der Waals surface area contributed by atoms with Gasteiger partial charge in [0.15, 0.2) is 10.8 Å². The van der Waals surface area contributed by atoms with E-state index in [4.69, 9.17) is 16.6 Å². The number of aromatic nitrogens is 2. The zero-order valence-corrected chi connectivity index (χ0v) is 12.7. The van der Waals surface area contributed by atoms with Crippen molar-refractivity contribution < 1.29 is 0 Å². The molecule has 20 heavy (non-hydrogen) atoms. The van der Waals surface area contributed by atoms with Gasteiger partial charge in [0.2, 0.25) is 0 Å². The molecule has 0 aliphatic carbocycles. The van der Waals surface area contributed by atoms with E-state index in [2.05, 4.69) is 40.5 Å². The number of anilines is 2. The summed E-state index contributed by atoms with van der Waals surface area (Å²) in [6.07, 6.45) is 3.10. The number of hydrogen-bond acceptors (Lipinski definition) is 3. The van der Waals surface area contributed by atoms with Crippen molar-refractivity contribution in [3.8, 4) is 0 Å². The first-order valence-corrected chi connectivity index (χ1v) is 8.08. The first kappa shape index (κ1) is 12.2. The quantitative estimate of drug-likeness (QED) is 0.661. The van der Waals surface area contributed by atoms with Gasteiger partial charge in [-0.2, -0.15) is 0 Å². The van der Waals surface area contributed by atoms with E-state index >= 15 is 0 Å². The van der Waals surface area contributed by atoms with Gasteiger partial charge in [-0.1, -0.05) is 18.2 Å². The summed E-state index contributed by atoms with van der Waals surface area (Å²) in [7, 11) is 0. The third-order valence-corrected chi connectivity index (χ3v) is 4.91. The fraction of sp³-hybridized carbons (Fsp3) is 0.267. The van der Waals surface area contributed by atoms with Gasteiger partial charge in [0, 0.05) is 23.3 Å². The van der Waals surface area contributed by atoms with Crippen molar-refractivity contribution in [1.82, 2.24) is 9.38 Å². The summed E-state index contributed by atoms with van der Waals surface area (Å²) in [5, 5.41) is 2.05. The Bertz CT molecular complexity index is 776. The van der Waals surface area contributed by atoms with Gasteiger partial charge in [0.1, 0.15) is 0 Å². The number of imidazole rings is 1. The number of para-hydroxylation sites is 1. The van der Waals surface area contributed by atoms with E-state index in [1.807, 2.05) is 11.6 Å². The van der Waals surface area contributed by atoms with Gasteiger partial charge in [-0.3, -0.25) is 4.40 Å². The summed E-state index contributed by atoms with van der Waals surface area (Å²) in [5.41, 5.74) is 3.72. The molecule has 3 nitrogen and oxygen atoms in total. The Morgan fingerprint density at radius 3 is 3.10 bits per heavy atom. The van der Waals surface area contributed by atoms with E-state index in [1.54, 1.807) is 11.3 Å². The van der Waals surface area contributed by atoms with Crippen LogP contribution in [0.1, 0.15) is 18.2 Å². The summed E-state index contributed by atoms with van der Waals surface area (Å²) in [6, 6.07) is 8.97. The van der Waals surface area contributed by atoms with Crippen LogP contribution in [0.15, 0.2) is 35.8 Å². The van der Waals surface area contributed by atoms with Crippen molar-refractivity contribution in [1.29, 1.82) is 0 Å². The van der Waals surface area contributed by atoms with Crippen LogP contribution in [0.5, 0.6) is 0 Å². The van der Waals surface area contributed by atoms with Crippen LogP contribution < -0.4 is 4.90 Å². The molecular formula is C15H14ClN3S. The largest absolute Gasteiger partial charge is 0.321 e. The van der Waals surface area contributed by atoms with E-state index in [0.29, 0.717) is 11.9 Å². The maximum atomic E-state index is 6.18. The van der Waals surface area contributed by atoms with E-state index in [0.717, 1.165) is 22.9 Å². The lowest BCUT2D eigenvalue weighted by Gasteiger charge is -2.23. The Balaban J connectivity index is 1.92. The summed E-state index contributed by atoms with van der Waals surface area (Å²) in [4.78, 5) is 8.13. The molecule has 1 aliphatic rings. The molecule has 0 bridgehead atoms. The molecule has 0 fully saturated rings. The Morgan fingerprint density at radius 1 is 1.40 bits per heavy atom. The number of rotatable bonds is 2. The van der Waals surface area contributed by atoms with Gasteiger partial charge in [-0.25, -0.2) is 4.98 Å². The number of nitrogens with zero attached hydrogens (tertiary/aromatic N) is 3. The molecule has 1 unspecified atom stereocenters. The molecule has 1 aliphatic heterocycles. The van der Waals surface area contributed by atoms with E-state index < -0.39 is 0 Å². The van der Waals surface area contributed by atoms with Gasteiger partial charge in [0.25, 0.3) is 0 Å². The fourth-order valence-electron chi connectivity index (χ4n) is 3.03. The van der Waals surface area contributed by atoms with Crippen molar-refractivity contribution in [2.24, 2.45) is 0 Å². The van der Waals surface area contributed by atoms with E-state index in [1.165, 1.54) is 11.3 Å². The lowest BCUT2D eigenvalue weighted by Crippen LogP contribution is -2.25. The third-order valence-electron chi connectivity index (χ3n) is 3.90. The second-order valence-electron chi connectivity index (χ2n) is 5.12. The number of hydrogen-bond donors (Lipinski definition) is 0. The van der Waals surface area contributed by atoms with Crippen molar-refractivity contribution in [2.45, 2.75) is 25.3 Å². The molecule has 0 N–H and O–H groups in total. The van der Waals surface area contributed by atoms with Gasteiger partial charge in [-0.15, -0.1) is 22.9 Å². The first-order chi connectivity index (χ1) is 9.79. The molecule has 0 spiro atoms. The smallest absolute Gasteiger partial charge is 0.195 e. The predicted molar refractivity (Wildman–Crippen MR) is 84.4 cm³/mol. The van der Waals surface area contributed by atoms with Crippen LogP contribution in [0.3, 0.4) is 0 Å². The normalized spacial score (nSPS) is 17.9. The van der Waals surface area contributed by atoms with Crippen molar-refractivity contribution in [2.75, 3.05) is 4.90 Å². The molecule has 3 heterocycles. The molecule has 3 aromatic rings. The van der Waals surface area contributed by atoms with Crippen LogP contribution in [0.25, 0.3) is 4.96 Å². The summed E-state index contributed by atoms with van der Waals surface area (Å²) >= 11 is 7.83. The topological polar surface area (TPSA) is 20.5 Å². The monoisotopic (exact) mass is 303 g/mol. The third kappa shape index (κ3) is 1.61. The number of alkyl halides is 1. The molecule has 0 radical (unpaired) electrons. The van der Waals surface area contributed by atoms with Crippen LogP contribution in [-0.2, 0) is 12.3 Å². The average Bonchev–Trinajstić information content (AvgIpc) is 3.08. The number of fused-ring (bicyclic) bond motifs is 2. The van der Waals surface area contributed by atoms with Crippen molar-refractivity contribution >= 4 is 39.4 Å². The average molecular weight is 304 g/mol. The molecule has 1 aromatic carbocycles. The first-order valence-electron chi connectivity index (χ1n) is 6.67. The number of benzene rings is 1. The highest BCUT2D eigenvalue weighted by atomic mass is 35.5. The summed E-state index contributed by atoms with van der Waals surface area (Å²) in [5.74, 6) is 1.47. The molecule has 4 rings (SSSR count). The lowest BCUT2D eigenvalue weighted by molar-refractivity contribution is 0.749. The van der Waals surface area contributed by atoms with Crippen LogP contribution >= 0.6 is 22.9 Å². The standard InChI is InChI=1S/C15H14ClN3S/c1-10-8-11-4-2-3-5-12(11)19(10)14-13(9-16)18-6-7-20-15(18)17-14/h2-7,10H,8-9H2,1H3. The van der Waals surface area contributed by atoms with Gasteiger partial charge in [-0.05, 0) is 25.0 Å². The predicted octanol–water partition coefficient (Wildman–Crippen LogP) is 4.22. The van der Waals surface area contributed by atoms with E-state index in [-0.39, 0.29) is 0 Å². The Kier molecular flexibility index (Phi) is 2.75. The molecule has 102 valence electrons. The van der Waals surface area contributed by atoms with Crippen LogP contribution in [0.4, 0.5) is 11.5 Å². The summed E-state index contributed by atoms with van der Waals surface area (Å²) in [6.45, 7) is 2.24. The Morgan fingerprint density at radius 2 is 2.25 bits per heavy atom. The number of thiazole rings is 1. The minimum absolute atomic E-state index is 0.416. The van der Waals surface area contributed by atoms with Gasteiger partial charge >= 0.3 is 0 Å². The highest BCUT2D eigenvalue weighted by molar-refractivity contribution is 7.15. The zero-order valence-electron chi connectivity index (χ0n) is 11.1. The molecule has 0 saturated carbocycles. The maximum absolute atomic E-state index is 6.18. The Labute approximate surface area is 126 Å². The van der Waals surface area contributed by atoms with Crippen LogP contribution in [0, 0.1) is 0 Å². The molecular weight excluding hydrogens is 290 g/mol. The Hall–Kier alpha value is -1.52. The maximum Gasteiger partial charge on any atom is 0.195 e. The summed E-state index contributed by atoms with van der Waals surface area (Å²) < 4.78 is 2.10. The van der Waals surface area contributed by atoms with Crippen molar-refractivity contribution in [3.05, 3.63) is 47.1 Å². The number of halogens is 1. The fourth-order valence-corrected chi connectivity index (χ4v) is 4.00. The van der Waals surface area contributed by atoms with Crippen LogP contribution in [0.2, 0.25) is 0 Å². The molecule has 0 amide bonds. The second kappa shape index (κ2) is 4.50. The molecule has 2 aromatic heterocycles. The van der Waals surface area contributed by atoms with E-state index in [9.17, 15) is 0 Å². The minimum atomic E-state index is 0.416.